The van der Waals surface area contributed by atoms with E-state index in [0.717, 1.165) is 16.1 Å². The van der Waals surface area contributed by atoms with Gasteiger partial charge in [0.15, 0.2) is 0 Å². The zero-order valence-corrected chi connectivity index (χ0v) is 9.27. The third kappa shape index (κ3) is 1.98. The number of rotatable bonds is 2. The zero-order chi connectivity index (χ0) is 9.97. The third-order valence-electron chi connectivity index (χ3n) is 1.91. The van der Waals surface area contributed by atoms with Crippen LogP contribution in [0.3, 0.4) is 0 Å². The van der Waals surface area contributed by atoms with Crippen LogP contribution in [0.25, 0.3) is 0 Å². The number of imidazole rings is 1. The first-order valence-electron chi connectivity index (χ1n) is 4.20. The Hall–Kier alpha value is -1.23. The summed E-state index contributed by atoms with van der Waals surface area (Å²) in [6.07, 6.45) is 7.18. The highest BCUT2D eigenvalue weighted by molar-refractivity contribution is 9.10. The molecule has 14 heavy (non-hydrogen) atoms. The van der Waals surface area contributed by atoms with Gasteiger partial charge in [-0.05, 0) is 22.9 Å². The Morgan fingerprint density at radius 1 is 1.29 bits per heavy atom. The van der Waals surface area contributed by atoms with Gasteiger partial charge >= 0.3 is 0 Å². The van der Waals surface area contributed by atoms with Crippen LogP contribution in [0.2, 0.25) is 0 Å². The fraction of sp³-hybridized carbons (Fsp3) is 0.222. The summed E-state index contributed by atoms with van der Waals surface area (Å²) >= 11 is 3.29. The molecule has 0 radical (unpaired) electrons. The van der Waals surface area contributed by atoms with E-state index in [9.17, 15) is 0 Å². The van der Waals surface area contributed by atoms with E-state index in [2.05, 4.69) is 30.9 Å². The lowest BCUT2D eigenvalue weighted by molar-refractivity contribution is 0.716. The Morgan fingerprint density at radius 3 is 2.57 bits per heavy atom. The Morgan fingerprint density at radius 2 is 2.00 bits per heavy atom. The van der Waals surface area contributed by atoms with Crippen molar-refractivity contribution in [2.24, 2.45) is 0 Å². The van der Waals surface area contributed by atoms with E-state index < -0.39 is 0 Å². The fourth-order valence-electron chi connectivity index (χ4n) is 1.14. The predicted octanol–water partition coefficient (Wildman–Crippen LogP) is 1.79. The summed E-state index contributed by atoms with van der Waals surface area (Å²) in [5.41, 5.74) is 0. The Labute approximate surface area is 90.2 Å². The molecule has 0 bridgehead atoms. The lowest BCUT2D eigenvalue weighted by Crippen LogP contribution is -2.04. The maximum atomic E-state index is 4.19. The van der Waals surface area contributed by atoms with Gasteiger partial charge in [0.1, 0.15) is 11.6 Å². The van der Waals surface area contributed by atoms with Crippen molar-refractivity contribution < 1.29 is 0 Å². The summed E-state index contributed by atoms with van der Waals surface area (Å²) in [6.45, 7) is 2.62. The van der Waals surface area contributed by atoms with Gasteiger partial charge in [0.2, 0.25) is 0 Å². The molecule has 0 fully saturated rings. The Kier molecular flexibility index (Phi) is 2.58. The largest absolute Gasteiger partial charge is 0.328 e. The monoisotopic (exact) mass is 252 g/mol. The molecule has 0 aliphatic heterocycles. The third-order valence-corrected chi connectivity index (χ3v) is 2.32. The molecule has 4 nitrogen and oxygen atoms in total. The van der Waals surface area contributed by atoms with Crippen LogP contribution in [-0.2, 0) is 6.54 Å². The van der Waals surface area contributed by atoms with Crippen molar-refractivity contribution in [3.05, 3.63) is 40.9 Å². The van der Waals surface area contributed by atoms with E-state index in [4.69, 9.17) is 0 Å². The number of halogens is 1. The van der Waals surface area contributed by atoms with Crippen molar-refractivity contribution >= 4 is 15.9 Å². The average molecular weight is 253 g/mol. The van der Waals surface area contributed by atoms with Crippen LogP contribution in [0.1, 0.15) is 11.6 Å². The van der Waals surface area contributed by atoms with Crippen LogP contribution in [0.4, 0.5) is 0 Å². The molecule has 2 aromatic heterocycles. The smallest absolute Gasteiger partial charge is 0.147 e. The molecule has 0 atom stereocenters. The molecule has 0 saturated heterocycles. The van der Waals surface area contributed by atoms with Crippen LogP contribution in [0.5, 0.6) is 0 Å². The first-order chi connectivity index (χ1) is 6.75. The zero-order valence-electron chi connectivity index (χ0n) is 7.68. The number of aromatic nitrogens is 4. The number of hydrogen-bond acceptors (Lipinski definition) is 3. The summed E-state index contributed by atoms with van der Waals surface area (Å²) in [6, 6.07) is 0. The molecular formula is C9H9BrN4. The molecule has 0 N–H and O–H groups in total. The van der Waals surface area contributed by atoms with Crippen LogP contribution in [-0.4, -0.2) is 19.5 Å². The lowest BCUT2D eigenvalue weighted by Gasteiger charge is -2.02. The summed E-state index contributed by atoms with van der Waals surface area (Å²) in [5.74, 6) is 1.76. The molecule has 0 saturated carbocycles. The normalized spacial score (nSPS) is 10.4. The van der Waals surface area contributed by atoms with E-state index in [0.29, 0.717) is 6.54 Å². The van der Waals surface area contributed by atoms with E-state index in [1.165, 1.54) is 0 Å². The van der Waals surface area contributed by atoms with Crippen LogP contribution >= 0.6 is 15.9 Å². The second kappa shape index (κ2) is 3.88. The predicted molar refractivity (Wildman–Crippen MR) is 55.8 cm³/mol. The van der Waals surface area contributed by atoms with Gasteiger partial charge in [-0.15, -0.1) is 0 Å². The highest BCUT2D eigenvalue weighted by atomic mass is 79.9. The SMILES string of the molecule is Cc1nccn1Cc1ncc(Br)cn1. The molecule has 2 heterocycles. The molecule has 2 aromatic rings. The van der Waals surface area contributed by atoms with Crippen molar-refractivity contribution in [2.45, 2.75) is 13.5 Å². The molecule has 0 aliphatic rings. The first-order valence-corrected chi connectivity index (χ1v) is 4.99. The summed E-state index contributed by atoms with van der Waals surface area (Å²) in [7, 11) is 0. The average Bonchev–Trinajstić information content (AvgIpc) is 2.56. The van der Waals surface area contributed by atoms with Crippen molar-refractivity contribution in [1.29, 1.82) is 0 Å². The van der Waals surface area contributed by atoms with Crippen LogP contribution in [0.15, 0.2) is 29.3 Å². The molecule has 72 valence electrons. The van der Waals surface area contributed by atoms with Crippen LogP contribution in [0, 0.1) is 6.92 Å². The van der Waals surface area contributed by atoms with Gasteiger partial charge < -0.3 is 4.57 Å². The van der Waals surface area contributed by atoms with Gasteiger partial charge in [-0.25, -0.2) is 15.0 Å². The molecule has 0 aliphatic carbocycles. The number of aryl methyl sites for hydroxylation is 1. The minimum atomic E-state index is 0.666. The van der Waals surface area contributed by atoms with E-state index in [-0.39, 0.29) is 0 Å². The number of hydrogen-bond donors (Lipinski definition) is 0. The quantitative estimate of drug-likeness (QED) is 0.819. The fourth-order valence-corrected chi connectivity index (χ4v) is 1.35. The Balaban J connectivity index is 2.19. The summed E-state index contributed by atoms with van der Waals surface area (Å²) in [4.78, 5) is 12.5. The molecule has 0 unspecified atom stereocenters. The maximum Gasteiger partial charge on any atom is 0.147 e. The lowest BCUT2D eigenvalue weighted by atomic mass is 10.5. The second-order valence-corrected chi connectivity index (χ2v) is 3.84. The van der Waals surface area contributed by atoms with Gasteiger partial charge in [-0.3, -0.25) is 0 Å². The number of nitrogens with zero attached hydrogens (tertiary/aromatic N) is 4. The van der Waals surface area contributed by atoms with Gasteiger partial charge in [0.25, 0.3) is 0 Å². The van der Waals surface area contributed by atoms with Gasteiger partial charge in [0, 0.05) is 24.8 Å². The van der Waals surface area contributed by atoms with Gasteiger partial charge in [-0.2, -0.15) is 0 Å². The van der Waals surface area contributed by atoms with Crippen LogP contribution < -0.4 is 0 Å². The van der Waals surface area contributed by atoms with Crippen molar-refractivity contribution in [2.75, 3.05) is 0 Å². The molecule has 5 heteroatoms. The Bertz CT molecular complexity index is 421. The molecule has 0 aromatic carbocycles. The first kappa shape index (κ1) is 9.33. The van der Waals surface area contributed by atoms with Gasteiger partial charge in [-0.1, -0.05) is 0 Å². The molecule has 0 spiro atoms. The van der Waals surface area contributed by atoms with E-state index in [1.807, 2.05) is 17.7 Å². The maximum absolute atomic E-state index is 4.19. The second-order valence-electron chi connectivity index (χ2n) is 2.92. The topological polar surface area (TPSA) is 43.6 Å². The highest BCUT2D eigenvalue weighted by Gasteiger charge is 2.00. The molecular weight excluding hydrogens is 244 g/mol. The minimum absolute atomic E-state index is 0.666. The van der Waals surface area contributed by atoms with E-state index in [1.54, 1.807) is 18.6 Å². The van der Waals surface area contributed by atoms with Crippen molar-refractivity contribution in [3.63, 3.8) is 0 Å². The van der Waals surface area contributed by atoms with Crippen molar-refractivity contribution in [3.8, 4) is 0 Å². The van der Waals surface area contributed by atoms with Crippen molar-refractivity contribution in [1.82, 2.24) is 19.5 Å². The van der Waals surface area contributed by atoms with E-state index >= 15 is 0 Å². The van der Waals surface area contributed by atoms with Gasteiger partial charge in [0.05, 0.1) is 11.0 Å². The minimum Gasteiger partial charge on any atom is -0.328 e. The standard InChI is InChI=1S/C9H9BrN4/c1-7-11-2-3-14(7)6-9-12-4-8(10)5-13-9/h2-5H,6H2,1H3. The summed E-state index contributed by atoms with van der Waals surface area (Å²) in [5, 5.41) is 0. The highest BCUT2D eigenvalue weighted by Crippen LogP contribution is 2.05. The molecule has 0 amide bonds. The molecule has 2 rings (SSSR count). The summed E-state index contributed by atoms with van der Waals surface area (Å²) < 4.78 is 2.90.